The van der Waals surface area contributed by atoms with Crippen LogP contribution in [0.4, 0.5) is 13.2 Å². The minimum Gasteiger partial charge on any atom is -0.356 e. The van der Waals surface area contributed by atoms with E-state index in [0.29, 0.717) is 16.8 Å². The average molecular weight is 439 g/mol. The molecule has 0 spiro atoms. The molecule has 1 aliphatic heterocycles. The van der Waals surface area contributed by atoms with Crippen molar-refractivity contribution in [3.8, 4) is 0 Å². The first-order valence-corrected chi connectivity index (χ1v) is 10.9. The van der Waals surface area contributed by atoms with Crippen LogP contribution in [0.2, 0.25) is 0 Å². The lowest BCUT2D eigenvalue weighted by atomic mass is 10.1. The number of aliphatic imine (C=N–C) groups is 1. The molecule has 1 unspecified atom stereocenters. The van der Waals surface area contributed by atoms with Gasteiger partial charge in [0.2, 0.25) is 0 Å². The number of nitrogens with zero attached hydrogens (tertiary/aromatic N) is 4. The highest BCUT2D eigenvalue weighted by molar-refractivity contribution is 7.90. The third-order valence-corrected chi connectivity index (χ3v) is 6.49. The average Bonchev–Trinajstić information content (AvgIpc) is 2.95. The third kappa shape index (κ3) is 6.08. The lowest BCUT2D eigenvalue weighted by Gasteiger charge is -2.32. The Morgan fingerprint density at radius 2 is 1.97 bits per heavy atom. The van der Waals surface area contributed by atoms with Crippen LogP contribution in [0.5, 0.6) is 0 Å². The van der Waals surface area contributed by atoms with E-state index in [1.165, 1.54) is 0 Å². The van der Waals surface area contributed by atoms with Crippen LogP contribution in [0.1, 0.15) is 31.2 Å². The molecule has 8 nitrogen and oxygen atoms in total. The molecule has 0 aliphatic carbocycles. The Bertz CT molecular complexity index is 814. The first-order valence-electron chi connectivity index (χ1n) is 9.48. The molecule has 1 atom stereocenters. The highest BCUT2D eigenvalue weighted by atomic mass is 32.2. The maximum absolute atomic E-state index is 12.7. The molecule has 2 N–H and O–H groups in total. The number of alkyl halides is 3. The zero-order valence-corrected chi connectivity index (χ0v) is 17.9. The summed E-state index contributed by atoms with van der Waals surface area (Å²) in [6.45, 7) is 7.07. The second-order valence-corrected chi connectivity index (χ2v) is 9.37. The smallest absolute Gasteiger partial charge is 0.356 e. The molecule has 2 rings (SSSR count). The molecule has 12 heteroatoms. The summed E-state index contributed by atoms with van der Waals surface area (Å²) in [5.41, 5.74) is -3.19. The molecule has 0 radical (unpaired) electrons. The molecule has 29 heavy (non-hydrogen) atoms. The second-order valence-electron chi connectivity index (χ2n) is 7.44. The molecular formula is C17H29F3N6O2S. The molecule has 1 fully saturated rings. The van der Waals surface area contributed by atoms with E-state index in [1.807, 2.05) is 24.6 Å². The molecule has 0 aromatic carbocycles. The molecule has 1 aromatic rings. The number of piperidine rings is 1. The molecule has 0 saturated carbocycles. The number of halogens is 3. The Hall–Kier alpha value is -1.82. The Balaban J connectivity index is 1.80. The fraction of sp³-hybridized carbons (Fsp3) is 0.765. The molecule has 1 aromatic heterocycles. The van der Waals surface area contributed by atoms with Crippen LogP contribution in [-0.2, 0) is 16.6 Å². The molecule has 166 valence electrons. The van der Waals surface area contributed by atoms with Gasteiger partial charge < -0.3 is 10.6 Å². The topological polar surface area (TPSA) is 91.6 Å². The monoisotopic (exact) mass is 438 g/mol. The molecule has 1 aliphatic rings. The van der Waals surface area contributed by atoms with E-state index < -0.39 is 15.5 Å². The highest BCUT2D eigenvalue weighted by Crippen LogP contribution is 2.28. The fourth-order valence-corrected chi connectivity index (χ4v) is 4.25. The maximum atomic E-state index is 12.7. The summed E-state index contributed by atoms with van der Waals surface area (Å²) < 4.78 is 63.4. The van der Waals surface area contributed by atoms with Crippen molar-refractivity contribution in [3.63, 3.8) is 0 Å². The van der Waals surface area contributed by atoms with Crippen LogP contribution < -0.4 is 10.6 Å². The summed E-state index contributed by atoms with van der Waals surface area (Å²) in [6.07, 6.45) is 0.550. The molecule has 1 saturated heterocycles. The quantitative estimate of drug-likeness (QED) is 0.520. The highest BCUT2D eigenvalue weighted by Gasteiger charge is 2.50. The van der Waals surface area contributed by atoms with Crippen molar-refractivity contribution < 1.29 is 21.6 Å². The van der Waals surface area contributed by atoms with Crippen molar-refractivity contribution >= 4 is 16.0 Å². The van der Waals surface area contributed by atoms with E-state index in [1.54, 1.807) is 7.05 Å². The van der Waals surface area contributed by atoms with Gasteiger partial charge in [0.25, 0.3) is 0 Å². The van der Waals surface area contributed by atoms with Crippen LogP contribution in [0.25, 0.3) is 0 Å². The number of aryl methyl sites for hydroxylation is 2. The van der Waals surface area contributed by atoms with E-state index in [4.69, 9.17) is 0 Å². The van der Waals surface area contributed by atoms with Crippen molar-refractivity contribution in [2.24, 2.45) is 10.9 Å². The summed E-state index contributed by atoms with van der Waals surface area (Å²) in [4.78, 5) is 4.15. The van der Waals surface area contributed by atoms with Gasteiger partial charge in [-0.25, -0.2) is 8.42 Å². The lowest BCUT2D eigenvalue weighted by molar-refractivity contribution is -0.0494. The van der Waals surface area contributed by atoms with Gasteiger partial charge in [-0.05, 0) is 38.7 Å². The fourth-order valence-electron chi connectivity index (χ4n) is 3.27. The van der Waals surface area contributed by atoms with Crippen molar-refractivity contribution in [3.05, 3.63) is 17.5 Å². The van der Waals surface area contributed by atoms with Crippen LogP contribution in [0, 0.1) is 19.8 Å². The Kier molecular flexibility index (Phi) is 7.55. The van der Waals surface area contributed by atoms with E-state index in [9.17, 15) is 21.6 Å². The van der Waals surface area contributed by atoms with Crippen LogP contribution in [0.3, 0.4) is 0 Å². The number of hydrogen-bond acceptors (Lipinski definition) is 4. The van der Waals surface area contributed by atoms with Gasteiger partial charge in [0, 0.05) is 45.0 Å². The Morgan fingerprint density at radius 3 is 2.45 bits per heavy atom. The molecule has 0 bridgehead atoms. The van der Waals surface area contributed by atoms with E-state index in [0.717, 1.165) is 17.9 Å². The number of aromatic nitrogens is 2. The first-order chi connectivity index (χ1) is 13.4. The summed E-state index contributed by atoms with van der Waals surface area (Å²) in [6, 6.07) is 1.87. The van der Waals surface area contributed by atoms with E-state index in [2.05, 4.69) is 27.6 Å². The predicted molar refractivity (Wildman–Crippen MR) is 105 cm³/mol. The standard InChI is InChI=1S/C17H29F3N6O2S/c1-12(11-26-14(3)9-13(2)24-26)10-22-16(21-4)23-15-5-7-25(8-6-15)29(27,28)17(18,19)20/h9,12,15H,5-8,10-11H2,1-4H3,(H2,21,22,23). The molecular weight excluding hydrogens is 409 g/mol. The van der Waals surface area contributed by atoms with Crippen molar-refractivity contribution in [1.29, 1.82) is 0 Å². The summed E-state index contributed by atoms with van der Waals surface area (Å²) in [5.74, 6) is 0.813. The Labute approximate surface area is 169 Å². The van der Waals surface area contributed by atoms with Gasteiger partial charge >= 0.3 is 15.5 Å². The number of nitrogens with one attached hydrogen (secondary N) is 2. The van der Waals surface area contributed by atoms with Crippen molar-refractivity contribution in [2.45, 2.75) is 51.7 Å². The van der Waals surface area contributed by atoms with Gasteiger partial charge in [-0.1, -0.05) is 6.92 Å². The zero-order chi connectivity index (χ0) is 21.8. The summed E-state index contributed by atoms with van der Waals surface area (Å²) in [5, 5.41) is 10.8. The SMILES string of the molecule is CN=C(NCC(C)Cn1nc(C)cc1C)NC1CCN(S(=O)(=O)C(F)(F)F)CC1. The van der Waals surface area contributed by atoms with Gasteiger partial charge in [-0.15, -0.1) is 0 Å². The number of guanidine groups is 1. The van der Waals surface area contributed by atoms with Crippen LogP contribution >= 0.6 is 0 Å². The lowest BCUT2D eigenvalue weighted by Crippen LogP contribution is -2.52. The first kappa shape index (κ1) is 23.5. The molecule has 0 amide bonds. The number of sulfonamides is 1. The van der Waals surface area contributed by atoms with Crippen LogP contribution in [0.15, 0.2) is 11.1 Å². The summed E-state index contributed by atoms with van der Waals surface area (Å²) in [7, 11) is -3.64. The van der Waals surface area contributed by atoms with Gasteiger partial charge in [0.15, 0.2) is 5.96 Å². The van der Waals surface area contributed by atoms with Crippen LogP contribution in [-0.4, -0.2) is 66.7 Å². The predicted octanol–water partition coefficient (Wildman–Crippen LogP) is 1.62. The zero-order valence-electron chi connectivity index (χ0n) is 17.1. The number of hydrogen-bond donors (Lipinski definition) is 2. The third-order valence-electron chi connectivity index (χ3n) is 4.86. The van der Waals surface area contributed by atoms with E-state index >= 15 is 0 Å². The number of rotatable bonds is 6. The van der Waals surface area contributed by atoms with Crippen molar-refractivity contribution in [2.75, 3.05) is 26.7 Å². The Morgan fingerprint density at radius 1 is 1.34 bits per heavy atom. The summed E-state index contributed by atoms with van der Waals surface area (Å²) >= 11 is 0. The second kappa shape index (κ2) is 9.33. The van der Waals surface area contributed by atoms with Gasteiger partial charge in [0.1, 0.15) is 0 Å². The maximum Gasteiger partial charge on any atom is 0.511 e. The normalized spacial score (nSPS) is 18.7. The molecule has 2 heterocycles. The largest absolute Gasteiger partial charge is 0.511 e. The van der Waals surface area contributed by atoms with Crippen molar-refractivity contribution in [1.82, 2.24) is 24.7 Å². The van der Waals surface area contributed by atoms with Gasteiger partial charge in [-0.2, -0.15) is 22.6 Å². The minimum absolute atomic E-state index is 0.146. The van der Waals surface area contributed by atoms with Gasteiger partial charge in [0.05, 0.1) is 5.69 Å². The minimum atomic E-state index is -5.26. The van der Waals surface area contributed by atoms with E-state index in [-0.39, 0.29) is 37.9 Å². The van der Waals surface area contributed by atoms with Gasteiger partial charge in [-0.3, -0.25) is 9.67 Å².